The number of ether oxygens (including phenoxy) is 1. The Bertz CT molecular complexity index is 394. The third-order valence-corrected chi connectivity index (χ3v) is 3.66. The minimum absolute atomic E-state index is 0.120. The first-order chi connectivity index (χ1) is 8.32. The Morgan fingerprint density at radius 3 is 2.61 bits per heavy atom. The van der Waals surface area contributed by atoms with Crippen LogP contribution in [0.1, 0.15) is 33.4 Å². The molecule has 0 spiro atoms. The highest BCUT2D eigenvalue weighted by molar-refractivity contribution is 7.99. The molecule has 0 unspecified atom stereocenters. The summed E-state index contributed by atoms with van der Waals surface area (Å²) in [4.78, 5) is 8.72. The molecule has 0 aromatic carbocycles. The summed E-state index contributed by atoms with van der Waals surface area (Å²) < 4.78 is 5.76. The van der Waals surface area contributed by atoms with E-state index in [1.54, 1.807) is 0 Å². The fraction of sp³-hybridized carbons (Fsp3) is 0.692. The fourth-order valence-corrected chi connectivity index (χ4v) is 1.50. The summed E-state index contributed by atoms with van der Waals surface area (Å²) in [5.41, 5.74) is 0.908. The van der Waals surface area contributed by atoms with Gasteiger partial charge in [0.1, 0.15) is 0 Å². The zero-order chi connectivity index (χ0) is 13.8. The molecule has 102 valence electrons. The van der Waals surface area contributed by atoms with Crippen molar-refractivity contribution in [3.8, 4) is 5.88 Å². The maximum atomic E-state index is 5.60. The van der Waals surface area contributed by atoms with Crippen LogP contribution in [0.5, 0.6) is 5.88 Å². The van der Waals surface area contributed by atoms with Crippen LogP contribution in [0.4, 0.5) is 5.95 Å². The second-order valence-corrected chi connectivity index (χ2v) is 6.67. The minimum Gasteiger partial charge on any atom is -0.475 e. The highest BCUT2D eigenvalue weighted by Crippen LogP contribution is 2.21. The van der Waals surface area contributed by atoms with Crippen LogP contribution < -0.4 is 10.1 Å². The summed E-state index contributed by atoms with van der Waals surface area (Å²) in [5.74, 6) is 1.26. The molecule has 0 fully saturated rings. The number of anilines is 1. The predicted molar refractivity (Wildman–Crippen MR) is 78.6 cm³/mol. The van der Waals surface area contributed by atoms with Gasteiger partial charge in [0.2, 0.25) is 11.8 Å². The Morgan fingerprint density at radius 2 is 2.06 bits per heavy atom. The number of hydrogen-bond donors (Lipinski definition) is 1. The normalized spacial score (nSPS) is 11.7. The number of aryl methyl sites for hydroxylation is 1. The molecular weight excluding hydrogens is 246 g/mol. The molecule has 1 rings (SSSR count). The lowest BCUT2D eigenvalue weighted by Crippen LogP contribution is -2.26. The summed E-state index contributed by atoms with van der Waals surface area (Å²) in [6, 6.07) is 1.85. The number of rotatable bonds is 6. The second-order valence-electron chi connectivity index (χ2n) is 5.16. The van der Waals surface area contributed by atoms with Gasteiger partial charge >= 0.3 is 0 Å². The maximum Gasteiger partial charge on any atom is 0.226 e. The van der Waals surface area contributed by atoms with Crippen LogP contribution in [0.15, 0.2) is 6.07 Å². The van der Waals surface area contributed by atoms with Gasteiger partial charge in [0.15, 0.2) is 0 Å². The van der Waals surface area contributed by atoms with Gasteiger partial charge in [-0.15, -0.1) is 0 Å². The molecule has 4 nitrogen and oxygen atoms in total. The van der Waals surface area contributed by atoms with Gasteiger partial charge < -0.3 is 10.1 Å². The predicted octanol–water partition coefficient (Wildman–Crippen LogP) is 3.13. The molecule has 1 heterocycles. The van der Waals surface area contributed by atoms with E-state index in [1.165, 1.54) is 0 Å². The third kappa shape index (κ3) is 5.12. The Balaban J connectivity index is 2.74. The van der Waals surface area contributed by atoms with Crippen LogP contribution in [0, 0.1) is 6.92 Å². The summed E-state index contributed by atoms with van der Waals surface area (Å²) in [6.45, 7) is 11.1. The van der Waals surface area contributed by atoms with E-state index < -0.39 is 0 Å². The molecule has 18 heavy (non-hydrogen) atoms. The number of nitrogens with one attached hydrogen (secondary N) is 1. The van der Waals surface area contributed by atoms with E-state index in [4.69, 9.17) is 4.74 Å². The second kappa shape index (κ2) is 6.27. The highest BCUT2D eigenvalue weighted by Gasteiger charge is 2.16. The lowest BCUT2D eigenvalue weighted by Gasteiger charge is -2.22. The van der Waals surface area contributed by atoms with Gasteiger partial charge in [0.05, 0.1) is 6.10 Å². The zero-order valence-electron chi connectivity index (χ0n) is 12.1. The van der Waals surface area contributed by atoms with Crippen molar-refractivity contribution in [3.63, 3.8) is 0 Å². The summed E-state index contributed by atoms with van der Waals surface area (Å²) in [7, 11) is 0. The van der Waals surface area contributed by atoms with Crippen molar-refractivity contribution >= 4 is 17.7 Å². The number of nitrogens with zero attached hydrogens (tertiary/aromatic N) is 2. The van der Waals surface area contributed by atoms with Crippen molar-refractivity contribution in [2.45, 2.75) is 45.5 Å². The Morgan fingerprint density at radius 1 is 1.39 bits per heavy atom. The van der Waals surface area contributed by atoms with Crippen molar-refractivity contribution in [2.75, 3.05) is 18.1 Å². The van der Waals surface area contributed by atoms with Gasteiger partial charge in [-0.2, -0.15) is 16.7 Å². The van der Waals surface area contributed by atoms with Gasteiger partial charge in [0, 0.05) is 23.1 Å². The SMILES string of the molecule is CSC(C)(C)CNc1nc(C)cc(OC(C)C)n1. The van der Waals surface area contributed by atoms with Crippen molar-refractivity contribution in [2.24, 2.45) is 0 Å². The van der Waals surface area contributed by atoms with Crippen LogP contribution in [-0.4, -0.2) is 33.6 Å². The van der Waals surface area contributed by atoms with Crippen molar-refractivity contribution < 1.29 is 4.74 Å². The van der Waals surface area contributed by atoms with Crippen LogP contribution >= 0.6 is 11.8 Å². The van der Waals surface area contributed by atoms with E-state index >= 15 is 0 Å². The fourth-order valence-electron chi connectivity index (χ4n) is 1.28. The standard InChI is InChI=1S/C13H23N3OS/c1-9(2)17-11-7-10(3)15-12(16-11)14-8-13(4,5)18-6/h7,9H,8H2,1-6H3,(H,14,15,16). The molecule has 0 atom stereocenters. The maximum absolute atomic E-state index is 5.60. The molecule has 0 saturated heterocycles. The van der Waals surface area contributed by atoms with E-state index in [0.717, 1.165) is 12.2 Å². The van der Waals surface area contributed by atoms with Gasteiger partial charge in [-0.1, -0.05) is 0 Å². The summed E-state index contributed by atoms with van der Waals surface area (Å²) >= 11 is 1.82. The van der Waals surface area contributed by atoms with Crippen molar-refractivity contribution in [3.05, 3.63) is 11.8 Å². The monoisotopic (exact) mass is 269 g/mol. The molecule has 1 aromatic rings. The van der Waals surface area contributed by atoms with E-state index in [2.05, 4.69) is 35.4 Å². The highest BCUT2D eigenvalue weighted by atomic mass is 32.2. The summed E-state index contributed by atoms with van der Waals surface area (Å²) in [5, 5.41) is 3.27. The average Bonchev–Trinajstić information content (AvgIpc) is 2.25. The minimum atomic E-state index is 0.120. The first-order valence-corrected chi connectivity index (χ1v) is 7.36. The van der Waals surface area contributed by atoms with Gasteiger partial charge in [-0.3, -0.25) is 0 Å². The van der Waals surface area contributed by atoms with Crippen molar-refractivity contribution in [1.29, 1.82) is 0 Å². The topological polar surface area (TPSA) is 47.0 Å². The Labute approximate surface area is 114 Å². The van der Waals surface area contributed by atoms with Gasteiger partial charge in [-0.25, -0.2) is 4.98 Å². The average molecular weight is 269 g/mol. The smallest absolute Gasteiger partial charge is 0.226 e. The lowest BCUT2D eigenvalue weighted by molar-refractivity contribution is 0.232. The largest absolute Gasteiger partial charge is 0.475 e. The molecule has 5 heteroatoms. The zero-order valence-corrected chi connectivity index (χ0v) is 12.9. The van der Waals surface area contributed by atoms with E-state index in [1.807, 2.05) is 38.6 Å². The molecule has 0 bridgehead atoms. The molecule has 0 saturated carbocycles. The lowest BCUT2D eigenvalue weighted by atomic mass is 10.2. The van der Waals surface area contributed by atoms with E-state index in [-0.39, 0.29) is 10.9 Å². The first kappa shape index (κ1) is 15.1. The molecule has 1 aromatic heterocycles. The van der Waals surface area contributed by atoms with E-state index in [0.29, 0.717) is 11.8 Å². The Hall–Kier alpha value is -0.970. The van der Waals surface area contributed by atoms with Crippen LogP contribution in [0.2, 0.25) is 0 Å². The third-order valence-electron chi connectivity index (χ3n) is 2.41. The Kier molecular flexibility index (Phi) is 5.26. The quantitative estimate of drug-likeness (QED) is 0.859. The van der Waals surface area contributed by atoms with Crippen LogP contribution in [0.3, 0.4) is 0 Å². The number of hydrogen-bond acceptors (Lipinski definition) is 5. The summed E-state index contributed by atoms with van der Waals surface area (Å²) in [6.07, 6.45) is 2.22. The molecule has 0 amide bonds. The molecule has 0 aliphatic rings. The van der Waals surface area contributed by atoms with Gasteiger partial charge in [-0.05, 0) is 40.9 Å². The molecule has 0 aliphatic heterocycles. The van der Waals surface area contributed by atoms with Crippen molar-refractivity contribution in [1.82, 2.24) is 9.97 Å². The molecule has 1 N–H and O–H groups in total. The number of aromatic nitrogens is 2. The molecule has 0 radical (unpaired) electrons. The molecular formula is C13H23N3OS. The van der Waals surface area contributed by atoms with Crippen LogP contribution in [-0.2, 0) is 0 Å². The van der Waals surface area contributed by atoms with Gasteiger partial charge in [0.25, 0.3) is 0 Å². The number of thioether (sulfide) groups is 1. The van der Waals surface area contributed by atoms with E-state index in [9.17, 15) is 0 Å². The van der Waals surface area contributed by atoms with Crippen LogP contribution in [0.25, 0.3) is 0 Å². The first-order valence-electron chi connectivity index (χ1n) is 6.14. The molecule has 0 aliphatic carbocycles.